The van der Waals surface area contributed by atoms with Crippen LogP contribution in [-0.2, 0) is 9.53 Å². The molecule has 0 saturated carbocycles. The van der Waals surface area contributed by atoms with Crippen molar-refractivity contribution < 1.29 is 28.8 Å². The maximum atomic E-state index is 12.9. The van der Waals surface area contributed by atoms with Crippen molar-refractivity contribution >= 4 is 5.78 Å². The van der Waals surface area contributed by atoms with E-state index in [1.807, 2.05) is 6.92 Å². The zero-order valence-corrected chi connectivity index (χ0v) is 17.2. The topological polar surface area (TPSA) is 74.2 Å². The SMILES string of the molecule is C=CC[C@]1([C@H](C)[C@H](O)c2cc(OC)c(OC)c(OC)c2)C[C@@H](OC)C=CC1=O. The van der Waals surface area contributed by atoms with Crippen LogP contribution in [0, 0.1) is 11.3 Å². The summed E-state index contributed by atoms with van der Waals surface area (Å²) in [5.41, 5.74) is -0.224. The molecular weight excluding hydrogens is 360 g/mol. The molecule has 2 rings (SSSR count). The number of rotatable bonds is 9. The minimum Gasteiger partial charge on any atom is -0.493 e. The van der Waals surface area contributed by atoms with Gasteiger partial charge >= 0.3 is 0 Å². The van der Waals surface area contributed by atoms with Crippen molar-refractivity contribution in [2.24, 2.45) is 11.3 Å². The standard InChI is InChI=1S/C22H30O6/c1-7-10-22(13-16(25-3)8-9-19(22)23)14(2)20(24)15-11-17(26-4)21(28-6)18(12-15)27-5/h7-9,11-12,14,16,20,24H,1,10,13H2,2-6H3/t14-,16+,20+,22-/m1/s1. The van der Waals surface area contributed by atoms with Crippen molar-refractivity contribution in [2.75, 3.05) is 28.4 Å². The van der Waals surface area contributed by atoms with Crippen LogP contribution >= 0.6 is 0 Å². The van der Waals surface area contributed by atoms with Crippen LogP contribution in [0.25, 0.3) is 0 Å². The van der Waals surface area contributed by atoms with E-state index in [4.69, 9.17) is 18.9 Å². The molecule has 0 amide bonds. The molecule has 0 radical (unpaired) electrons. The van der Waals surface area contributed by atoms with Gasteiger partial charge in [-0.05, 0) is 42.5 Å². The molecule has 1 aromatic rings. The molecule has 28 heavy (non-hydrogen) atoms. The van der Waals surface area contributed by atoms with Crippen LogP contribution in [0.5, 0.6) is 17.2 Å². The Labute approximate surface area is 166 Å². The molecule has 0 saturated heterocycles. The van der Waals surface area contributed by atoms with E-state index in [0.29, 0.717) is 35.7 Å². The van der Waals surface area contributed by atoms with E-state index in [9.17, 15) is 9.90 Å². The van der Waals surface area contributed by atoms with Crippen LogP contribution in [0.4, 0.5) is 0 Å². The molecule has 0 spiro atoms. The van der Waals surface area contributed by atoms with Gasteiger partial charge in [-0.3, -0.25) is 4.79 Å². The molecule has 1 aliphatic rings. The second-order valence-electron chi connectivity index (χ2n) is 7.04. The fraction of sp³-hybridized carbons (Fsp3) is 0.500. The molecule has 1 aliphatic carbocycles. The van der Waals surface area contributed by atoms with E-state index < -0.39 is 17.4 Å². The maximum Gasteiger partial charge on any atom is 0.203 e. The molecule has 6 heteroatoms. The third-order valence-corrected chi connectivity index (χ3v) is 5.70. The second-order valence-corrected chi connectivity index (χ2v) is 7.04. The van der Waals surface area contributed by atoms with Crippen LogP contribution in [-0.4, -0.2) is 45.4 Å². The first kappa shape index (κ1) is 22.0. The number of hydrogen-bond acceptors (Lipinski definition) is 6. The van der Waals surface area contributed by atoms with Crippen LogP contribution in [0.2, 0.25) is 0 Å². The number of hydrogen-bond donors (Lipinski definition) is 1. The Bertz CT molecular complexity index is 716. The Hall–Kier alpha value is -2.31. The summed E-state index contributed by atoms with van der Waals surface area (Å²) in [7, 11) is 6.18. The van der Waals surface area contributed by atoms with E-state index in [2.05, 4.69) is 6.58 Å². The number of methoxy groups -OCH3 is 4. The number of benzene rings is 1. The molecule has 6 nitrogen and oxygen atoms in total. The van der Waals surface area contributed by atoms with E-state index in [-0.39, 0.29) is 11.9 Å². The lowest BCUT2D eigenvalue weighted by atomic mass is 9.62. The third kappa shape index (κ3) is 3.93. The summed E-state index contributed by atoms with van der Waals surface area (Å²) < 4.78 is 21.6. The van der Waals surface area contributed by atoms with Crippen LogP contribution in [0.3, 0.4) is 0 Å². The smallest absolute Gasteiger partial charge is 0.203 e. The van der Waals surface area contributed by atoms with Gasteiger partial charge in [0.2, 0.25) is 5.75 Å². The van der Waals surface area contributed by atoms with Gasteiger partial charge in [0.05, 0.1) is 33.5 Å². The van der Waals surface area contributed by atoms with Crippen molar-refractivity contribution in [1.29, 1.82) is 0 Å². The first-order valence-corrected chi connectivity index (χ1v) is 9.22. The average Bonchev–Trinajstić information content (AvgIpc) is 2.73. The fourth-order valence-corrected chi connectivity index (χ4v) is 3.95. The van der Waals surface area contributed by atoms with Crippen molar-refractivity contribution in [2.45, 2.75) is 32.0 Å². The highest BCUT2D eigenvalue weighted by molar-refractivity contribution is 5.96. The lowest BCUT2D eigenvalue weighted by Gasteiger charge is -2.42. The Morgan fingerprint density at radius 1 is 1.21 bits per heavy atom. The number of ketones is 1. The van der Waals surface area contributed by atoms with Crippen molar-refractivity contribution in [3.8, 4) is 17.2 Å². The lowest BCUT2D eigenvalue weighted by Crippen LogP contribution is -2.44. The number of aliphatic hydroxyl groups excluding tert-OH is 1. The molecule has 4 atom stereocenters. The number of aliphatic hydroxyl groups is 1. The van der Waals surface area contributed by atoms with Gasteiger partial charge in [-0.2, -0.15) is 0 Å². The highest BCUT2D eigenvalue weighted by Crippen LogP contribution is 2.48. The van der Waals surface area contributed by atoms with Gasteiger partial charge in [0.1, 0.15) is 0 Å². The number of ether oxygens (including phenoxy) is 4. The first-order valence-electron chi connectivity index (χ1n) is 9.22. The van der Waals surface area contributed by atoms with Crippen LogP contribution in [0.15, 0.2) is 36.9 Å². The quantitative estimate of drug-likeness (QED) is 0.651. The summed E-state index contributed by atoms with van der Waals surface area (Å²) in [6.45, 7) is 5.70. The highest BCUT2D eigenvalue weighted by atomic mass is 16.5. The summed E-state index contributed by atoms with van der Waals surface area (Å²) in [5.74, 6) is 0.921. The molecule has 0 bridgehead atoms. The van der Waals surface area contributed by atoms with Gasteiger partial charge in [-0.25, -0.2) is 0 Å². The second kappa shape index (κ2) is 9.26. The van der Waals surface area contributed by atoms with Gasteiger partial charge in [0.15, 0.2) is 17.3 Å². The average molecular weight is 390 g/mol. The summed E-state index contributed by atoms with van der Waals surface area (Å²) in [4.78, 5) is 12.9. The first-order chi connectivity index (χ1) is 13.4. The third-order valence-electron chi connectivity index (χ3n) is 5.70. The molecular formula is C22H30O6. The van der Waals surface area contributed by atoms with Gasteiger partial charge < -0.3 is 24.1 Å². The van der Waals surface area contributed by atoms with Crippen LogP contribution in [0.1, 0.15) is 31.4 Å². The molecule has 0 aliphatic heterocycles. The zero-order valence-electron chi connectivity index (χ0n) is 17.2. The number of carbonyl (C=O) groups excluding carboxylic acids is 1. The van der Waals surface area contributed by atoms with E-state index in [1.165, 1.54) is 21.3 Å². The van der Waals surface area contributed by atoms with Gasteiger partial charge in [-0.15, -0.1) is 6.58 Å². The van der Waals surface area contributed by atoms with Crippen LogP contribution < -0.4 is 14.2 Å². The fourth-order valence-electron chi connectivity index (χ4n) is 3.95. The molecule has 0 aromatic heterocycles. The molecule has 0 heterocycles. The highest BCUT2D eigenvalue weighted by Gasteiger charge is 2.47. The van der Waals surface area contributed by atoms with Crippen molar-refractivity contribution in [1.82, 2.24) is 0 Å². The molecule has 1 N–H and O–H groups in total. The molecule has 1 aromatic carbocycles. The van der Waals surface area contributed by atoms with E-state index >= 15 is 0 Å². The minimum atomic E-state index is -0.929. The normalized spacial score (nSPS) is 23.8. The number of carbonyl (C=O) groups is 1. The Morgan fingerprint density at radius 2 is 1.82 bits per heavy atom. The summed E-state index contributed by atoms with van der Waals surface area (Å²) in [6, 6.07) is 3.42. The molecule has 0 unspecified atom stereocenters. The lowest BCUT2D eigenvalue weighted by molar-refractivity contribution is -0.133. The Balaban J connectivity index is 2.49. The van der Waals surface area contributed by atoms with E-state index in [1.54, 1.807) is 37.5 Å². The minimum absolute atomic E-state index is 0.0281. The summed E-state index contributed by atoms with van der Waals surface area (Å²) in [5, 5.41) is 11.2. The van der Waals surface area contributed by atoms with E-state index in [0.717, 1.165) is 0 Å². The predicted octanol–water partition coefficient (Wildman–Crippen LogP) is 3.49. The zero-order chi connectivity index (χ0) is 20.9. The Morgan fingerprint density at radius 3 is 2.29 bits per heavy atom. The van der Waals surface area contributed by atoms with Gasteiger partial charge in [-0.1, -0.05) is 19.1 Å². The predicted molar refractivity (Wildman–Crippen MR) is 107 cm³/mol. The number of allylic oxidation sites excluding steroid dienone is 2. The Kier molecular flexibility index (Phi) is 7.27. The van der Waals surface area contributed by atoms with Gasteiger partial charge in [0, 0.05) is 12.5 Å². The molecule has 154 valence electrons. The summed E-state index contributed by atoms with van der Waals surface area (Å²) in [6.07, 6.45) is 4.85. The maximum absolute atomic E-state index is 12.9. The molecule has 0 fully saturated rings. The monoisotopic (exact) mass is 390 g/mol. The van der Waals surface area contributed by atoms with Crippen molar-refractivity contribution in [3.63, 3.8) is 0 Å². The largest absolute Gasteiger partial charge is 0.493 e. The van der Waals surface area contributed by atoms with Crippen molar-refractivity contribution in [3.05, 3.63) is 42.5 Å². The van der Waals surface area contributed by atoms with Gasteiger partial charge in [0.25, 0.3) is 0 Å². The summed E-state index contributed by atoms with van der Waals surface area (Å²) >= 11 is 0.